The van der Waals surface area contributed by atoms with Crippen molar-refractivity contribution in [1.82, 2.24) is 20.1 Å². The lowest BCUT2D eigenvalue weighted by atomic mass is 9.83. The number of carbonyl (C=O) groups excluding carboxylic acids is 1. The Morgan fingerprint density at radius 2 is 1.81 bits per heavy atom. The molecule has 1 aromatic carbocycles. The summed E-state index contributed by atoms with van der Waals surface area (Å²) in [5.74, 6) is 0.0967. The van der Waals surface area contributed by atoms with Crippen LogP contribution in [0.3, 0.4) is 0 Å². The Bertz CT molecular complexity index is 1080. The first-order valence-electron chi connectivity index (χ1n) is 10.3. The maximum absolute atomic E-state index is 12.7. The molecule has 2 aromatic rings. The molecule has 32 heavy (non-hydrogen) atoms. The summed E-state index contributed by atoms with van der Waals surface area (Å²) >= 11 is 24.1. The third kappa shape index (κ3) is 5.06. The maximum Gasteiger partial charge on any atom is 0.252 e. The fraction of sp³-hybridized carbons (Fsp3) is 0.409. The van der Waals surface area contributed by atoms with Gasteiger partial charge in [0.2, 0.25) is 3.79 Å². The van der Waals surface area contributed by atoms with Gasteiger partial charge >= 0.3 is 0 Å². The molecule has 0 radical (unpaired) electrons. The summed E-state index contributed by atoms with van der Waals surface area (Å²) in [5, 5.41) is 6.15. The average molecular weight is 514 g/mol. The van der Waals surface area contributed by atoms with Crippen molar-refractivity contribution in [3.8, 4) is 0 Å². The molecule has 2 aliphatic heterocycles. The van der Waals surface area contributed by atoms with E-state index in [9.17, 15) is 9.59 Å². The van der Waals surface area contributed by atoms with Gasteiger partial charge in [0.25, 0.3) is 11.5 Å². The van der Waals surface area contributed by atoms with E-state index in [1.807, 2.05) is 34.6 Å². The predicted octanol–water partition coefficient (Wildman–Crippen LogP) is 3.58. The number of benzene rings is 1. The molecule has 3 heterocycles. The van der Waals surface area contributed by atoms with Gasteiger partial charge in [-0.3, -0.25) is 9.59 Å². The Morgan fingerprint density at radius 1 is 1.09 bits per heavy atom. The number of rotatable bonds is 3. The third-order valence-corrected chi connectivity index (χ3v) is 6.98. The molecule has 4 rings (SSSR count). The van der Waals surface area contributed by atoms with Crippen molar-refractivity contribution in [2.24, 2.45) is 5.92 Å². The van der Waals surface area contributed by atoms with Crippen LogP contribution in [0.2, 0.25) is 0 Å². The molecule has 0 saturated carbocycles. The SMILES string of the molecule is Cc1ccc(C(=O)N[C@@H](NC(=S)N2C[C@@H]3C[C@@H](C2)c2cccc(=O)n2C3)C(Cl)(Cl)Cl)cc1. The normalized spacial score (nSPS) is 20.8. The molecule has 1 amide bonds. The maximum atomic E-state index is 12.7. The summed E-state index contributed by atoms with van der Waals surface area (Å²) in [5.41, 5.74) is 2.55. The lowest BCUT2D eigenvalue weighted by molar-refractivity contribution is 0.0932. The van der Waals surface area contributed by atoms with E-state index in [0.29, 0.717) is 30.3 Å². The summed E-state index contributed by atoms with van der Waals surface area (Å²) < 4.78 is 0.0363. The Balaban J connectivity index is 1.47. The van der Waals surface area contributed by atoms with Crippen molar-refractivity contribution in [3.63, 3.8) is 0 Å². The monoisotopic (exact) mass is 512 g/mol. The molecule has 3 atom stereocenters. The number of thiocarbonyl (C=S) groups is 1. The zero-order valence-corrected chi connectivity index (χ0v) is 20.4. The fourth-order valence-corrected chi connectivity index (χ4v) is 4.99. The minimum atomic E-state index is -1.82. The largest absolute Gasteiger partial charge is 0.348 e. The molecule has 6 nitrogen and oxygen atoms in total. The summed E-state index contributed by atoms with van der Waals surface area (Å²) in [6.07, 6.45) is -0.0221. The van der Waals surface area contributed by atoms with Gasteiger partial charge in [0, 0.05) is 42.9 Å². The lowest BCUT2D eigenvalue weighted by Gasteiger charge is -2.44. The number of aryl methyl sites for hydroxylation is 1. The smallest absolute Gasteiger partial charge is 0.252 e. The highest BCUT2D eigenvalue weighted by Crippen LogP contribution is 2.35. The number of pyridine rings is 1. The molecule has 170 valence electrons. The standard InChI is InChI=1S/C22H23Cl3N4O2S/c1-13-5-7-15(8-6-13)19(31)26-20(22(23,24)25)27-21(32)28-10-14-9-16(12-28)17-3-2-4-18(30)29(17)11-14/h2-8,14,16,20H,9-12H2,1H3,(H,26,31)(H,27,32)/t14-,16-,20-/m0/s1. The van der Waals surface area contributed by atoms with Crippen molar-refractivity contribution in [2.75, 3.05) is 13.1 Å². The van der Waals surface area contributed by atoms with Crippen LogP contribution in [-0.4, -0.2) is 43.5 Å². The van der Waals surface area contributed by atoms with Crippen LogP contribution in [0.25, 0.3) is 0 Å². The summed E-state index contributed by atoms with van der Waals surface area (Å²) in [4.78, 5) is 26.9. The van der Waals surface area contributed by atoms with E-state index in [1.165, 1.54) is 0 Å². The zero-order chi connectivity index (χ0) is 23.0. The number of nitrogens with zero attached hydrogens (tertiary/aromatic N) is 2. The second-order valence-corrected chi connectivity index (χ2v) is 11.1. The Kier molecular flexibility index (Phi) is 6.73. The van der Waals surface area contributed by atoms with Gasteiger partial charge in [-0.05, 0) is 49.7 Å². The zero-order valence-electron chi connectivity index (χ0n) is 17.4. The van der Waals surface area contributed by atoms with E-state index in [4.69, 9.17) is 47.0 Å². The molecule has 10 heteroatoms. The van der Waals surface area contributed by atoms with Crippen molar-refractivity contribution >= 4 is 58.0 Å². The highest BCUT2D eigenvalue weighted by Gasteiger charge is 2.39. The molecule has 0 spiro atoms. The molecule has 2 N–H and O–H groups in total. The van der Waals surface area contributed by atoms with E-state index < -0.39 is 9.96 Å². The second-order valence-electron chi connectivity index (χ2n) is 8.37. The van der Waals surface area contributed by atoms with Crippen LogP contribution in [0, 0.1) is 12.8 Å². The Morgan fingerprint density at radius 3 is 2.50 bits per heavy atom. The number of nitrogens with one attached hydrogen (secondary N) is 2. The second kappa shape index (κ2) is 9.21. The minimum absolute atomic E-state index is 0.0291. The highest BCUT2D eigenvalue weighted by atomic mass is 35.6. The summed E-state index contributed by atoms with van der Waals surface area (Å²) in [6, 6.07) is 12.5. The van der Waals surface area contributed by atoms with Crippen molar-refractivity contribution < 1.29 is 4.79 Å². The molecule has 1 saturated heterocycles. The van der Waals surface area contributed by atoms with Crippen LogP contribution >= 0.6 is 47.0 Å². The number of alkyl halides is 3. The summed E-state index contributed by atoms with van der Waals surface area (Å²) in [6.45, 7) is 3.92. The first kappa shape index (κ1) is 23.4. The minimum Gasteiger partial charge on any atom is -0.348 e. The topological polar surface area (TPSA) is 66.4 Å². The fourth-order valence-electron chi connectivity index (χ4n) is 4.40. The number of likely N-dealkylation sites (tertiary alicyclic amines) is 1. The molecule has 0 aliphatic carbocycles. The van der Waals surface area contributed by atoms with Gasteiger partial charge in [-0.2, -0.15) is 0 Å². The van der Waals surface area contributed by atoms with Crippen molar-refractivity contribution in [3.05, 3.63) is 69.6 Å². The molecular weight excluding hydrogens is 491 g/mol. The molecule has 1 aromatic heterocycles. The van der Waals surface area contributed by atoms with E-state index in [-0.39, 0.29) is 23.3 Å². The number of hydrogen-bond donors (Lipinski definition) is 2. The Labute approximate surface area is 206 Å². The van der Waals surface area contributed by atoms with E-state index in [2.05, 4.69) is 10.6 Å². The lowest BCUT2D eigenvalue weighted by Crippen LogP contribution is -2.60. The van der Waals surface area contributed by atoms with Crippen molar-refractivity contribution in [2.45, 2.75) is 35.8 Å². The van der Waals surface area contributed by atoms with Gasteiger partial charge in [-0.25, -0.2) is 0 Å². The van der Waals surface area contributed by atoms with Gasteiger partial charge < -0.3 is 20.1 Å². The number of piperidine rings is 1. The van der Waals surface area contributed by atoms with Gasteiger partial charge in [0.15, 0.2) is 5.11 Å². The first-order chi connectivity index (χ1) is 15.1. The number of carbonyl (C=O) groups is 1. The number of aromatic nitrogens is 1. The first-order valence-corrected chi connectivity index (χ1v) is 11.9. The summed E-state index contributed by atoms with van der Waals surface area (Å²) in [7, 11) is 0. The molecule has 2 aliphatic rings. The van der Waals surface area contributed by atoms with Gasteiger partial charge in [-0.15, -0.1) is 0 Å². The van der Waals surface area contributed by atoms with Crippen molar-refractivity contribution in [1.29, 1.82) is 0 Å². The number of fused-ring (bicyclic) bond motifs is 4. The van der Waals surface area contributed by atoms with Crippen LogP contribution in [0.4, 0.5) is 0 Å². The van der Waals surface area contributed by atoms with E-state index >= 15 is 0 Å². The van der Waals surface area contributed by atoms with E-state index in [0.717, 1.165) is 17.7 Å². The molecule has 1 fully saturated rings. The van der Waals surface area contributed by atoms with Crippen LogP contribution < -0.4 is 16.2 Å². The Hall–Kier alpha value is -1.80. The van der Waals surface area contributed by atoms with Crippen LogP contribution in [0.1, 0.15) is 34.0 Å². The number of amides is 1. The predicted molar refractivity (Wildman–Crippen MR) is 132 cm³/mol. The number of halogens is 3. The number of hydrogen-bond acceptors (Lipinski definition) is 3. The molecular formula is C22H23Cl3N4O2S. The van der Waals surface area contributed by atoms with Gasteiger partial charge in [0.05, 0.1) is 0 Å². The van der Waals surface area contributed by atoms with Crippen LogP contribution in [-0.2, 0) is 6.54 Å². The van der Waals surface area contributed by atoms with Crippen LogP contribution in [0.15, 0.2) is 47.3 Å². The van der Waals surface area contributed by atoms with Gasteiger partial charge in [0.1, 0.15) is 6.17 Å². The third-order valence-electron chi connectivity index (χ3n) is 5.95. The quantitative estimate of drug-likeness (QED) is 0.373. The van der Waals surface area contributed by atoms with Gasteiger partial charge in [-0.1, -0.05) is 58.6 Å². The molecule has 2 bridgehead atoms. The average Bonchev–Trinajstić information content (AvgIpc) is 2.73. The van der Waals surface area contributed by atoms with E-state index in [1.54, 1.807) is 24.3 Å². The molecule has 0 unspecified atom stereocenters. The van der Waals surface area contributed by atoms with Crippen LogP contribution in [0.5, 0.6) is 0 Å². The highest BCUT2D eigenvalue weighted by molar-refractivity contribution is 7.80.